The lowest BCUT2D eigenvalue weighted by atomic mass is 9.99. The molecule has 0 saturated carbocycles. The Hall–Kier alpha value is -0.620. The van der Waals surface area contributed by atoms with Gasteiger partial charge >= 0.3 is 0 Å². The summed E-state index contributed by atoms with van der Waals surface area (Å²) in [5.74, 6) is 0.560. The molecule has 6 heteroatoms. The number of piperidine rings is 1. The van der Waals surface area contributed by atoms with Crippen molar-refractivity contribution in [2.45, 2.75) is 46.1 Å². The number of carbonyl (C=O) groups is 1. The van der Waals surface area contributed by atoms with E-state index in [0.29, 0.717) is 5.92 Å². The highest BCUT2D eigenvalue weighted by Gasteiger charge is 2.33. The molecular weight excluding hydrogens is 264 g/mol. The van der Waals surface area contributed by atoms with E-state index in [4.69, 9.17) is 0 Å². The predicted octanol–water partition coefficient (Wildman–Crippen LogP) is 1.31. The monoisotopic (exact) mass is 290 g/mol. The largest absolute Gasteiger partial charge is 0.342 e. The van der Waals surface area contributed by atoms with Crippen molar-refractivity contribution >= 4 is 15.9 Å². The molecule has 0 spiro atoms. The van der Waals surface area contributed by atoms with E-state index in [1.807, 2.05) is 0 Å². The summed E-state index contributed by atoms with van der Waals surface area (Å²) in [4.78, 5) is 14.0. The van der Waals surface area contributed by atoms with Crippen LogP contribution < -0.4 is 0 Å². The van der Waals surface area contributed by atoms with E-state index in [9.17, 15) is 13.2 Å². The number of hydrogen-bond donors (Lipinski definition) is 0. The molecule has 0 aromatic heterocycles. The average molecular weight is 290 g/mol. The highest BCUT2D eigenvalue weighted by atomic mass is 32.2. The normalized spacial score (nSPS) is 18.9. The Morgan fingerprint density at radius 2 is 1.74 bits per heavy atom. The fourth-order valence-electron chi connectivity index (χ4n) is 2.33. The number of nitrogens with zero attached hydrogens (tertiary/aromatic N) is 2. The Kier molecular flexibility index (Phi) is 5.01. The van der Waals surface area contributed by atoms with E-state index >= 15 is 0 Å². The van der Waals surface area contributed by atoms with E-state index in [1.54, 1.807) is 25.7 Å². The molecule has 1 aliphatic heterocycles. The van der Waals surface area contributed by atoms with Gasteiger partial charge in [-0.15, -0.1) is 0 Å². The molecule has 0 unspecified atom stereocenters. The van der Waals surface area contributed by atoms with E-state index in [0.717, 1.165) is 32.2 Å². The van der Waals surface area contributed by atoms with Crippen LogP contribution in [-0.2, 0) is 14.8 Å². The molecule has 0 aliphatic carbocycles. The summed E-state index contributed by atoms with van der Waals surface area (Å²) in [6.45, 7) is 9.01. The van der Waals surface area contributed by atoms with Gasteiger partial charge in [-0.25, -0.2) is 8.42 Å². The fraction of sp³-hybridized carbons (Fsp3) is 0.923. The number of rotatable bonds is 3. The van der Waals surface area contributed by atoms with Gasteiger partial charge in [-0.3, -0.25) is 4.79 Å². The zero-order valence-corrected chi connectivity index (χ0v) is 13.5. The lowest BCUT2D eigenvalue weighted by molar-refractivity contribution is -0.133. The van der Waals surface area contributed by atoms with Crippen molar-refractivity contribution in [1.82, 2.24) is 9.21 Å². The second-order valence-electron chi connectivity index (χ2n) is 6.50. The first-order valence-electron chi connectivity index (χ1n) is 6.77. The van der Waals surface area contributed by atoms with Crippen molar-refractivity contribution in [3.05, 3.63) is 0 Å². The van der Waals surface area contributed by atoms with Gasteiger partial charge in [-0.05, 0) is 39.5 Å². The molecule has 1 saturated heterocycles. The summed E-state index contributed by atoms with van der Waals surface area (Å²) in [5, 5.41) is 0. The van der Waals surface area contributed by atoms with Crippen LogP contribution in [0.15, 0.2) is 0 Å². The third-order valence-electron chi connectivity index (χ3n) is 3.56. The molecule has 0 aromatic rings. The van der Waals surface area contributed by atoms with Crippen molar-refractivity contribution in [2.24, 2.45) is 5.92 Å². The van der Waals surface area contributed by atoms with E-state index < -0.39 is 15.6 Å². The molecule has 0 bridgehead atoms. The second-order valence-corrected chi connectivity index (χ2v) is 8.41. The minimum atomic E-state index is -3.38. The topological polar surface area (TPSA) is 57.7 Å². The van der Waals surface area contributed by atoms with Gasteiger partial charge in [0.1, 0.15) is 0 Å². The molecule has 1 aliphatic rings. The number of hydrogen-bond acceptors (Lipinski definition) is 3. The summed E-state index contributed by atoms with van der Waals surface area (Å²) < 4.78 is 24.9. The molecule has 5 nitrogen and oxygen atoms in total. The maximum absolute atomic E-state index is 12.2. The number of sulfonamides is 1. The number of amides is 1. The third kappa shape index (κ3) is 4.76. The lowest BCUT2D eigenvalue weighted by Gasteiger charge is -2.36. The second kappa shape index (κ2) is 5.79. The van der Waals surface area contributed by atoms with Crippen LogP contribution in [0.5, 0.6) is 0 Å². The highest BCUT2D eigenvalue weighted by molar-refractivity contribution is 7.88. The van der Waals surface area contributed by atoms with Crippen LogP contribution in [-0.4, -0.2) is 55.0 Å². The Morgan fingerprint density at radius 3 is 2.11 bits per heavy atom. The molecule has 112 valence electrons. The van der Waals surface area contributed by atoms with Gasteiger partial charge in [0.2, 0.25) is 15.9 Å². The quantitative estimate of drug-likeness (QED) is 0.787. The zero-order chi connectivity index (χ0) is 14.8. The van der Waals surface area contributed by atoms with Crippen molar-refractivity contribution in [3.8, 4) is 0 Å². The maximum Gasteiger partial charge on any atom is 0.237 e. The molecular formula is C13H26N2O3S. The van der Waals surface area contributed by atoms with Crippen molar-refractivity contribution in [1.29, 1.82) is 0 Å². The molecule has 1 rings (SSSR count). The minimum absolute atomic E-state index is 0.0588. The summed E-state index contributed by atoms with van der Waals surface area (Å²) in [6, 6.07) is 0. The molecule has 1 amide bonds. The van der Waals surface area contributed by atoms with Crippen LogP contribution in [0.25, 0.3) is 0 Å². The zero-order valence-electron chi connectivity index (χ0n) is 12.6. The van der Waals surface area contributed by atoms with Crippen LogP contribution in [0.2, 0.25) is 0 Å². The Balaban J connectivity index is 2.73. The Bertz CT molecular complexity index is 418. The highest BCUT2D eigenvalue weighted by Crippen LogP contribution is 2.20. The SMILES string of the molecule is CC1CCN(C(=O)CN(C(C)(C)C)S(C)(=O)=O)CC1. The Labute approximate surface area is 117 Å². The lowest BCUT2D eigenvalue weighted by Crippen LogP contribution is -2.51. The smallest absolute Gasteiger partial charge is 0.237 e. The first-order valence-corrected chi connectivity index (χ1v) is 8.62. The van der Waals surface area contributed by atoms with Gasteiger partial charge in [-0.1, -0.05) is 6.92 Å². The fourth-order valence-corrected chi connectivity index (χ4v) is 3.67. The van der Waals surface area contributed by atoms with Crippen LogP contribution in [0.1, 0.15) is 40.5 Å². The summed E-state index contributed by atoms with van der Waals surface area (Å²) in [6.07, 6.45) is 3.16. The minimum Gasteiger partial charge on any atom is -0.342 e. The van der Waals surface area contributed by atoms with Gasteiger partial charge in [0.25, 0.3) is 0 Å². The number of likely N-dealkylation sites (tertiary alicyclic amines) is 1. The van der Waals surface area contributed by atoms with E-state index in [1.165, 1.54) is 4.31 Å². The average Bonchev–Trinajstić information content (AvgIpc) is 2.23. The molecule has 19 heavy (non-hydrogen) atoms. The van der Waals surface area contributed by atoms with Crippen molar-refractivity contribution in [3.63, 3.8) is 0 Å². The van der Waals surface area contributed by atoms with Gasteiger partial charge < -0.3 is 4.90 Å². The van der Waals surface area contributed by atoms with Gasteiger partial charge in [0.15, 0.2) is 0 Å². The van der Waals surface area contributed by atoms with E-state index in [2.05, 4.69) is 6.92 Å². The van der Waals surface area contributed by atoms with Crippen LogP contribution >= 0.6 is 0 Å². The predicted molar refractivity (Wildman–Crippen MR) is 76.3 cm³/mol. The molecule has 0 radical (unpaired) electrons. The van der Waals surface area contributed by atoms with Crippen LogP contribution in [0.3, 0.4) is 0 Å². The summed E-state index contributed by atoms with van der Waals surface area (Å²) in [7, 11) is -3.38. The van der Waals surface area contributed by atoms with Gasteiger partial charge in [-0.2, -0.15) is 4.31 Å². The molecule has 1 heterocycles. The molecule has 1 fully saturated rings. The van der Waals surface area contributed by atoms with Crippen LogP contribution in [0.4, 0.5) is 0 Å². The molecule has 0 aromatic carbocycles. The third-order valence-corrected chi connectivity index (χ3v) is 5.04. The van der Waals surface area contributed by atoms with Gasteiger partial charge in [0, 0.05) is 18.6 Å². The van der Waals surface area contributed by atoms with Gasteiger partial charge in [0.05, 0.1) is 12.8 Å². The maximum atomic E-state index is 12.2. The molecule has 0 N–H and O–H groups in total. The van der Waals surface area contributed by atoms with Crippen molar-refractivity contribution < 1.29 is 13.2 Å². The Morgan fingerprint density at radius 1 is 1.26 bits per heavy atom. The van der Waals surface area contributed by atoms with E-state index in [-0.39, 0.29) is 12.5 Å². The van der Waals surface area contributed by atoms with Crippen LogP contribution in [0, 0.1) is 5.92 Å². The van der Waals surface area contributed by atoms with Crippen molar-refractivity contribution in [2.75, 3.05) is 25.9 Å². The first-order chi connectivity index (χ1) is 8.51. The summed E-state index contributed by atoms with van der Waals surface area (Å²) >= 11 is 0. The first kappa shape index (κ1) is 16.4. The molecule has 0 atom stereocenters. The number of carbonyl (C=O) groups excluding carboxylic acids is 1. The summed E-state index contributed by atoms with van der Waals surface area (Å²) in [5.41, 5.74) is -0.577. The standard InChI is InChI=1S/C13H26N2O3S/c1-11-6-8-14(9-7-11)12(16)10-15(13(2,3)4)19(5,17)18/h11H,6-10H2,1-5H3.